The summed E-state index contributed by atoms with van der Waals surface area (Å²) < 4.78 is 3.26. The number of nitrogens with two attached hydrogens (primary N) is 1. The van der Waals surface area contributed by atoms with Crippen molar-refractivity contribution in [2.75, 3.05) is 7.05 Å². The highest BCUT2D eigenvalue weighted by atomic mass is 16.2. The monoisotopic (exact) mass is 550 g/mol. The summed E-state index contributed by atoms with van der Waals surface area (Å²) in [7, 11) is 1.81. The Labute approximate surface area is 243 Å². The number of imidazole rings is 1. The fraction of sp³-hybridized carbons (Fsp3) is 0.0571. The lowest BCUT2D eigenvalue weighted by Gasteiger charge is -2.12. The molecule has 0 aliphatic heterocycles. The zero-order valence-electron chi connectivity index (χ0n) is 23.2. The third-order valence-corrected chi connectivity index (χ3v) is 7.28. The van der Waals surface area contributed by atoms with Gasteiger partial charge in [-0.1, -0.05) is 121 Å². The van der Waals surface area contributed by atoms with Crippen molar-refractivity contribution in [3.8, 4) is 22.5 Å². The summed E-state index contributed by atoms with van der Waals surface area (Å²) in [5, 5.41) is 18.1. The van der Waals surface area contributed by atoms with Gasteiger partial charge in [0.1, 0.15) is 11.5 Å². The van der Waals surface area contributed by atoms with E-state index in [0.29, 0.717) is 23.6 Å². The smallest absolute Gasteiger partial charge is 0.350 e. The molecule has 0 amide bonds. The van der Waals surface area contributed by atoms with Crippen LogP contribution in [0.15, 0.2) is 137 Å². The molecular formula is C35H30N6O. The molecule has 206 valence electrons. The first-order valence-corrected chi connectivity index (χ1v) is 13.7. The second-order valence-electron chi connectivity index (χ2n) is 9.98. The molecule has 5 aromatic carbocycles. The summed E-state index contributed by atoms with van der Waals surface area (Å²) in [5.74, 6) is 0.575. The minimum atomic E-state index is -0.267. The van der Waals surface area contributed by atoms with Crippen molar-refractivity contribution in [1.82, 2.24) is 14.6 Å². The van der Waals surface area contributed by atoms with Gasteiger partial charge in [-0.15, -0.1) is 5.10 Å². The third kappa shape index (κ3) is 5.11. The normalized spacial score (nSPS) is 11.5. The molecular weight excluding hydrogens is 520 g/mol. The Kier molecular flexibility index (Phi) is 7.22. The van der Waals surface area contributed by atoms with E-state index < -0.39 is 0 Å². The van der Waals surface area contributed by atoms with Gasteiger partial charge in [-0.3, -0.25) is 9.98 Å². The number of benzene rings is 5. The second-order valence-corrected chi connectivity index (χ2v) is 9.98. The van der Waals surface area contributed by atoms with Gasteiger partial charge in [0.15, 0.2) is 5.84 Å². The quantitative estimate of drug-likeness (QED) is 0.170. The van der Waals surface area contributed by atoms with Crippen LogP contribution >= 0.6 is 0 Å². The van der Waals surface area contributed by atoms with Gasteiger partial charge in [0.05, 0.1) is 12.2 Å². The minimum Gasteiger partial charge on any atom is -0.384 e. The molecule has 0 unspecified atom stereocenters. The summed E-state index contributed by atoms with van der Waals surface area (Å²) in [6.45, 7) is 0.314. The highest BCUT2D eigenvalue weighted by Crippen LogP contribution is 2.32. The molecule has 0 atom stereocenters. The summed E-state index contributed by atoms with van der Waals surface area (Å²) in [6.07, 6.45) is 0. The average Bonchev–Trinajstić information content (AvgIpc) is 3.30. The molecule has 6 aromatic rings. The maximum Gasteiger partial charge on any atom is 0.350 e. The number of amidine groups is 2. The Bertz CT molecular complexity index is 1970. The van der Waals surface area contributed by atoms with Crippen LogP contribution in [0, 0.1) is 5.41 Å². The van der Waals surface area contributed by atoms with E-state index >= 15 is 0 Å². The van der Waals surface area contributed by atoms with E-state index in [2.05, 4.69) is 29.6 Å². The topological polar surface area (TPSA) is 101 Å². The number of hydrogen-bond acceptors (Lipinski definition) is 3. The van der Waals surface area contributed by atoms with Crippen LogP contribution in [0.2, 0.25) is 0 Å². The van der Waals surface area contributed by atoms with Gasteiger partial charge in [0.2, 0.25) is 0 Å². The highest BCUT2D eigenvalue weighted by molar-refractivity contribution is 6.02. The van der Waals surface area contributed by atoms with E-state index in [1.807, 2.05) is 98.0 Å². The number of nitrogen functional groups attached to an aromatic ring is 1. The second kappa shape index (κ2) is 11.4. The van der Waals surface area contributed by atoms with Crippen molar-refractivity contribution >= 4 is 22.4 Å². The van der Waals surface area contributed by atoms with Gasteiger partial charge in [-0.2, -0.15) is 4.68 Å². The molecule has 0 radical (unpaired) electrons. The maximum atomic E-state index is 14.4. The fourth-order valence-corrected chi connectivity index (χ4v) is 5.18. The average molecular weight is 551 g/mol. The number of nitrogens with one attached hydrogen (secondary N) is 2. The molecule has 0 saturated carbocycles. The number of hydrogen-bond donors (Lipinski definition) is 3. The Morgan fingerprint density at radius 3 is 1.93 bits per heavy atom. The van der Waals surface area contributed by atoms with Crippen molar-refractivity contribution in [3.05, 3.63) is 155 Å². The Hall–Kier alpha value is -5.69. The van der Waals surface area contributed by atoms with Gasteiger partial charge in [-0.25, -0.2) is 4.79 Å². The molecule has 7 heteroatoms. The lowest BCUT2D eigenvalue weighted by Crippen LogP contribution is -2.27. The van der Waals surface area contributed by atoms with Gasteiger partial charge in [0, 0.05) is 29.3 Å². The summed E-state index contributed by atoms with van der Waals surface area (Å²) >= 11 is 0. The molecule has 0 bridgehead atoms. The maximum absolute atomic E-state index is 14.4. The Morgan fingerprint density at radius 2 is 1.31 bits per heavy atom. The van der Waals surface area contributed by atoms with Crippen LogP contribution in [0.4, 0.5) is 0 Å². The predicted molar refractivity (Wildman–Crippen MR) is 171 cm³/mol. The standard InChI is InChI=1S/C35H30N6O/c1-38-34(30-21-20-25-10-8-9-15-29(25)22-30)39-41-32(27-13-6-3-7-14-27)31(26-11-4-2-5-12-26)40(35(41)42)23-24-16-18-28(19-17-24)33(36)37/h2-22H,23H2,1H3,(H3,36,37)(H,38,39). The fourth-order valence-electron chi connectivity index (χ4n) is 5.18. The van der Waals surface area contributed by atoms with Crippen LogP contribution in [0.25, 0.3) is 33.3 Å². The van der Waals surface area contributed by atoms with Crippen LogP contribution in [-0.2, 0) is 6.54 Å². The molecule has 0 fully saturated rings. The predicted octanol–water partition coefficient (Wildman–Crippen LogP) is 5.90. The molecule has 0 aliphatic carbocycles. The summed E-state index contributed by atoms with van der Waals surface area (Å²) in [4.78, 5) is 14.4. The molecule has 0 spiro atoms. The van der Waals surface area contributed by atoms with Crippen molar-refractivity contribution in [2.24, 2.45) is 10.8 Å². The molecule has 6 rings (SSSR count). The van der Waals surface area contributed by atoms with E-state index in [4.69, 9.17) is 16.2 Å². The summed E-state index contributed by atoms with van der Waals surface area (Å²) in [6, 6.07) is 41.5. The molecule has 0 aliphatic rings. The van der Waals surface area contributed by atoms with Crippen molar-refractivity contribution in [1.29, 1.82) is 5.41 Å². The van der Waals surface area contributed by atoms with Gasteiger partial charge < -0.3 is 11.1 Å². The summed E-state index contributed by atoms with van der Waals surface area (Å²) in [5.41, 5.74) is 11.0. The van der Waals surface area contributed by atoms with E-state index in [0.717, 1.165) is 38.7 Å². The third-order valence-electron chi connectivity index (χ3n) is 7.28. The molecule has 0 saturated heterocycles. The van der Waals surface area contributed by atoms with Crippen molar-refractivity contribution in [3.63, 3.8) is 0 Å². The van der Waals surface area contributed by atoms with Crippen molar-refractivity contribution < 1.29 is 0 Å². The molecule has 1 aromatic heterocycles. The van der Waals surface area contributed by atoms with E-state index in [-0.39, 0.29) is 11.5 Å². The minimum absolute atomic E-state index is 0.00355. The van der Waals surface area contributed by atoms with E-state index in [9.17, 15) is 4.79 Å². The Balaban J connectivity index is 1.60. The molecule has 7 nitrogen and oxygen atoms in total. The lowest BCUT2D eigenvalue weighted by atomic mass is 10.0. The molecule has 1 heterocycles. The number of aromatic nitrogens is 2. The largest absolute Gasteiger partial charge is 0.384 e. The van der Waals surface area contributed by atoms with Crippen LogP contribution in [0.3, 0.4) is 0 Å². The van der Waals surface area contributed by atoms with Gasteiger partial charge >= 0.3 is 5.69 Å². The van der Waals surface area contributed by atoms with Crippen LogP contribution in [-0.4, -0.2) is 28.0 Å². The number of nitrogens with zero attached hydrogens (tertiary/aromatic N) is 3. The highest BCUT2D eigenvalue weighted by Gasteiger charge is 2.23. The first-order valence-electron chi connectivity index (χ1n) is 13.7. The number of fused-ring (bicyclic) bond motifs is 1. The van der Waals surface area contributed by atoms with E-state index in [1.165, 1.54) is 4.68 Å². The zero-order chi connectivity index (χ0) is 29.1. The number of rotatable bonds is 7. The van der Waals surface area contributed by atoms with Crippen LogP contribution in [0.1, 0.15) is 16.7 Å². The lowest BCUT2D eigenvalue weighted by molar-refractivity contribution is 0.711. The zero-order valence-corrected chi connectivity index (χ0v) is 23.2. The van der Waals surface area contributed by atoms with Gasteiger partial charge in [0.25, 0.3) is 0 Å². The molecule has 42 heavy (non-hydrogen) atoms. The van der Waals surface area contributed by atoms with Gasteiger partial charge in [-0.05, 0) is 22.4 Å². The first-order chi connectivity index (χ1) is 20.5. The van der Waals surface area contributed by atoms with Crippen LogP contribution < -0.4 is 16.7 Å². The SMILES string of the molecule is CNC(=Nn1c(-c2ccccc2)c(-c2ccccc2)n(Cc2ccc(C(=N)N)cc2)c1=O)c1ccc2ccccc2c1. The first kappa shape index (κ1) is 26.5. The molecule has 4 N–H and O–H groups in total. The van der Waals surface area contributed by atoms with Crippen molar-refractivity contribution in [2.45, 2.75) is 6.54 Å². The van der Waals surface area contributed by atoms with E-state index in [1.54, 1.807) is 16.7 Å². The Morgan fingerprint density at radius 1 is 0.738 bits per heavy atom. The van der Waals surface area contributed by atoms with Crippen LogP contribution in [0.5, 0.6) is 0 Å².